The van der Waals surface area contributed by atoms with E-state index in [4.69, 9.17) is 19.2 Å². The molecule has 8 nitrogen and oxygen atoms in total. The summed E-state index contributed by atoms with van der Waals surface area (Å²) in [5.41, 5.74) is 7.00. The second kappa shape index (κ2) is 11.7. The number of anilines is 1. The third-order valence-corrected chi connectivity index (χ3v) is 9.93. The third kappa shape index (κ3) is 6.16. The van der Waals surface area contributed by atoms with E-state index in [1.165, 1.54) is 11.1 Å². The number of aromatic nitrogens is 1. The summed E-state index contributed by atoms with van der Waals surface area (Å²) in [6, 6.07) is 10.6. The molecule has 1 saturated carbocycles. The van der Waals surface area contributed by atoms with E-state index in [2.05, 4.69) is 48.4 Å². The van der Waals surface area contributed by atoms with Crippen LogP contribution in [0, 0.1) is 25.2 Å². The van der Waals surface area contributed by atoms with Gasteiger partial charge in [-0.2, -0.15) is 0 Å². The Bertz CT molecular complexity index is 1580. The Labute approximate surface area is 264 Å². The fraction of sp³-hybridized carbons (Fsp3) is 0.514. The molecule has 9 heteroatoms. The molecule has 6 rings (SSSR count). The lowest BCUT2D eigenvalue weighted by Crippen LogP contribution is -2.40. The van der Waals surface area contributed by atoms with Crippen LogP contribution in [0.25, 0.3) is 11.3 Å². The van der Waals surface area contributed by atoms with Gasteiger partial charge in [-0.25, -0.2) is 9.78 Å². The molecule has 2 aromatic carbocycles. The van der Waals surface area contributed by atoms with Crippen molar-refractivity contribution in [2.24, 2.45) is 11.3 Å². The molecular weight excluding hydrogens is 574 g/mol. The summed E-state index contributed by atoms with van der Waals surface area (Å²) in [5, 5.41) is 3.10. The number of amides is 1. The second-order valence-electron chi connectivity index (χ2n) is 13.5. The summed E-state index contributed by atoms with van der Waals surface area (Å²) < 4.78 is 17.4. The van der Waals surface area contributed by atoms with Crippen LogP contribution in [-0.4, -0.2) is 53.8 Å². The predicted octanol–water partition coefficient (Wildman–Crippen LogP) is 7.08. The van der Waals surface area contributed by atoms with Crippen LogP contribution in [-0.2, 0) is 33.8 Å². The average molecular weight is 618 g/mol. The number of rotatable bonds is 7. The van der Waals surface area contributed by atoms with Crippen molar-refractivity contribution >= 4 is 28.5 Å². The summed E-state index contributed by atoms with van der Waals surface area (Å²) in [4.78, 5) is 34.3. The van der Waals surface area contributed by atoms with Gasteiger partial charge in [0, 0.05) is 37.1 Å². The molecule has 2 fully saturated rings. The van der Waals surface area contributed by atoms with Gasteiger partial charge in [0.2, 0.25) is 0 Å². The monoisotopic (exact) mass is 617 g/mol. The van der Waals surface area contributed by atoms with E-state index < -0.39 is 5.60 Å². The molecule has 0 spiro atoms. The Morgan fingerprint density at radius 3 is 2.70 bits per heavy atom. The molecule has 1 unspecified atom stereocenters. The van der Waals surface area contributed by atoms with Crippen molar-refractivity contribution in [1.29, 1.82) is 0 Å². The van der Waals surface area contributed by atoms with Crippen molar-refractivity contribution in [1.82, 2.24) is 9.88 Å². The summed E-state index contributed by atoms with van der Waals surface area (Å²) in [6.45, 7) is 15.5. The maximum atomic E-state index is 12.7. The number of thiazole rings is 1. The number of ether oxygens (including phenoxy) is 3. The Kier molecular flexibility index (Phi) is 8.11. The number of carbonyl (C=O) groups is 2. The molecule has 1 saturated heterocycles. The maximum Gasteiger partial charge on any atom is 0.410 e. The second-order valence-corrected chi connectivity index (χ2v) is 14.3. The summed E-state index contributed by atoms with van der Waals surface area (Å²) in [6.07, 6.45) is 2.27. The van der Waals surface area contributed by atoms with Crippen molar-refractivity contribution in [3.8, 4) is 17.0 Å². The number of hydrogen-bond donors (Lipinski definition) is 0. The quantitative estimate of drug-likeness (QED) is 0.262. The molecule has 3 aliphatic rings. The minimum Gasteiger partial charge on any atom is -0.488 e. The molecule has 3 heterocycles. The fourth-order valence-electron chi connectivity index (χ4n) is 6.59. The zero-order chi connectivity index (χ0) is 31.2. The highest BCUT2D eigenvalue weighted by molar-refractivity contribution is 7.14. The first-order chi connectivity index (χ1) is 21.0. The van der Waals surface area contributed by atoms with Crippen molar-refractivity contribution in [3.63, 3.8) is 0 Å². The maximum absolute atomic E-state index is 12.7. The zero-order valence-corrected chi connectivity index (χ0v) is 27.5. The minimum absolute atomic E-state index is 0.0251. The molecule has 234 valence electrons. The number of aryl methyl sites for hydroxylation is 2. The normalized spacial score (nSPS) is 20.9. The molecule has 2 aliphatic heterocycles. The van der Waals surface area contributed by atoms with Crippen molar-refractivity contribution in [3.05, 3.63) is 63.5 Å². The number of fused-ring (bicyclic) bond motifs is 2. The largest absolute Gasteiger partial charge is 0.488 e. The van der Waals surface area contributed by atoms with Crippen molar-refractivity contribution < 1.29 is 23.8 Å². The van der Waals surface area contributed by atoms with E-state index in [9.17, 15) is 9.59 Å². The van der Waals surface area contributed by atoms with Gasteiger partial charge >= 0.3 is 12.1 Å². The Hall–Kier alpha value is -3.59. The van der Waals surface area contributed by atoms with Crippen LogP contribution in [0.5, 0.6) is 5.75 Å². The van der Waals surface area contributed by atoms with Crippen LogP contribution in [0.4, 0.5) is 9.93 Å². The lowest BCUT2D eigenvalue weighted by atomic mass is 9.93. The molecule has 0 bridgehead atoms. The lowest BCUT2D eigenvalue weighted by molar-refractivity contribution is -0.150. The van der Waals surface area contributed by atoms with Crippen LogP contribution in [0.3, 0.4) is 0 Å². The molecule has 1 aromatic heterocycles. The minimum atomic E-state index is -0.509. The number of carbonyl (C=O) groups excluding carboxylic acids is 2. The predicted molar refractivity (Wildman–Crippen MR) is 172 cm³/mol. The van der Waals surface area contributed by atoms with Gasteiger partial charge in [-0.05, 0) is 101 Å². The Morgan fingerprint density at radius 2 is 1.95 bits per heavy atom. The highest BCUT2D eigenvalue weighted by atomic mass is 32.1. The van der Waals surface area contributed by atoms with Gasteiger partial charge in [-0.1, -0.05) is 23.8 Å². The molecule has 0 radical (unpaired) electrons. The van der Waals surface area contributed by atoms with Gasteiger partial charge in [0.1, 0.15) is 18.0 Å². The first-order valence-electron chi connectivity index (χ1n) is 15.7. The van der Waals surface area contributed by atoms with E-state index in [-0.39, 0.29) is 17.5 Å². The van der Waals surface area contributed by atoms with E-state index in [1.54, 1.807) is 16.2 Å². The van der Waals surface area contributed by atoms with Crippen LogP contribution in [0.2, 0.25) is 0 Å². The number of hydrogen-bond acceptors (Lipinski definition) is 8. The van der Waals surface area contributed by atoms with Gasteiger partial charge in [0.15, 0.2) is 5.13 Å². The fourth-order valence-corrected chi connectivity index (χ4v) is 7.46. The van der Waals surface area contributed by atoms with Crippen molar-refractivity contribution in [2.45, 2.75) is 79.6 Å². The van der Waals surface area contributed by atoms with Gasteiger partial charge in [-0.3, -0.25) is 4.79 Å². The molecular formula is C35H43N3O5S. The van der Waals surface area contributed by atoms with Gasteiger partial charge in [-0.15, -0.1) is 11.3 Å². The lowest BCUT2D eigenvalue weighted by Gasteiger charge is -2.32. The van der Waals surface area contributed by atoms with Gasteiger partial charge < -0.3 is 24.0 Å². The van der Waals surface area contributed by atoms with Crippen LogP contribution >= 0.6 is 11.3 Å². The number of nitrogens with zero attached hydrogens (tertiary/aromatic N) is 3. The Balaban J connectivity index is 1.13. The van der Waals surface area contributed by atoms with Crippen LogP contribution in [0.15, 0.2) is 35.7 Å². The average Bonchev–Trinajstić information content (AvgIpc) is 3.52. The summed E-state index contributed by atoms with van der Waals surface area (Å²) in [5.74, 6) is 1.13. The zero-order valence-electron chi connectivity index (χ0n) is 26.7. The van der Waals surface area contributed by atoms with Crippen LogP contribution in [0.1, 0.15) is 68.4 Å². The molecule has 44 heavy (non-hydrogen) atoms. The smallest absolute Gasteiger partial charge is 0.410 e. The molecule has 1 aliphatic carbocycles. The number of piperidine rings is 1. The van der Waals surface area contributed by atoms with E-state index in [1.807, 2.05) is 33.8 Å². The van der Waals surface area contributed by atoms with E-state index in [0.717, 1.165) is 71.2 Å². The van der Waals surface area contributed by atoms with E-state index in [0.29, 0.717) is 32.2 Å². The van der Waals surface area contributed by atoms with Gasteiger partial charge in [0.25, 0.3) is 0 Å². The van der Waals surface area contributed by atoms with E-state index >= 15 is 0 Å². The SMILES string of the molecule is CCOC(=O)[C@@]12CCN(c3nc(-c4cc(C)ccc4OCc4cc(C)c5c(c4)CCN(C(=O)OC(C)(C)C)C5)cs3)CC1C2. The molecule has 0 N–H and O–H groups in total. The number of esters is 1. The molecule has 3 aromatic rings. The third-order valence-electron chi connectivity index (χ3n) is 9.03. The Morgan fingerprint density at radius 1 is 1.14 bits per heavy atom. The topological polar surface area (TPSA) is 81.2 Å². The highest BCUT2D eigenvalue weighted by Gasteiger charge is 2.63. The highest BCUT2D eigenvalue weighted by Crippen LogP contribution is 2.59. The summed E-state index contributed by atoms with van der Waals surface area (Å²) in [7, 11) is 0. The molecule has 1 amide bonds. The number of benzene rings is 2. The van der Waals surface area contributed by atoms with Crippen molar-refractivity contribution in [2.75, 3.05) is 31.1 Å². The summed E-state index contributed by atoms with van der Waals surface area (Å²) >= 11 is 1.65. The molecule has 2 atom stereocenters. The first kappa shape index (κ1) is 30.4. The first-order valence-corrected chi connectivity index (χ1v) is 16.5. The van der Waals surface area contributed by atoms with Crippen LogP contribution < -0.4 is 9.64 Å². The standard InChI is InChI=1S/C35H43N3O5S/c1-7-41-31(39)35-11-13-37(18-26(35)17-35)32-36-29(21-44-32)27-14-22(2)8-9-30(27)42-20-24-15-23(3)28-19-38(12-10-25(28)16-24)33(40)43-34(4,5)6/h8-9,14-16,21,26H,7,10-13,17-20H2,1-6H3/t26?,35-/m1/s1. The van der Waals surface area contributed by atoms with Gasteiger partial charge in [0.05, 0.1) is 17.7 Å².